The van der Waals surface area contributed by atoms with Crippen LogP contribution in [0.15, 0.2) is 24.3 Å². The Morgan fingerprint density at radius 2 is 2.20 bits per heavy atom. The molecule has 0 radical (unpaired) electrons. The van der Waals surface area contributed by atoms with E-state index in [0.29, 0.717) is 18.8 Å². The predicted octanol–water partition coefficient (Wildman–Crippen LogP) is 1.75. The molecule has 2 aromatic rings. The van der Waals surface area contributed by atoms with Crippen molar-refractivity contribution in [2.45, 2.75) is 13.3 Å². The molecule has 3 N–H and O–H groups in total. The molecule has 1 heterocycles. The number of nitrogens with zero attached hydrogens (tertiary/aromatic N) is 2. The molecular formula is C13H18ClN5O. The van der Waals surface area contributed by atoms with E-state index in [1.54, 1.807) is 0 Å². The van der Waals surface area contributed by atoms with E-state index in [9.17, 15) is 4.79 Å². The van der Waals surface area contributed by atoms with Crippen molar-refractivity contribution >= 4 is 24.0 Å². The first-order valence-electron chi connectivity index (χ1n) is 6.13. The maximum absolute atomic E-state index is 11.6. The van der Waals surface area contributed by atoms with Crippen LogP contribution in [-0.2, 0) is 4.79 Å². The van der Waals surface area contributed by atoms with Gasteiger partial charge in [0.15, 0.2) is 5.82 Å². The van der Waals surface area contributed by atoms with Crippen LogP contribution in [0.4, 0.5) is 5.69 Å². The van der Waals surface area contributed by atoms with Crippen LogP contribution < -0.4 is 10.6 Å². The van der Waals surface area contributed by atoms with Gasteiger partial charge >= 0.3 is 0 Å². The second-order valence-electron chi connectivity index (χ2n) is 4.23. The van der Waals surface area contributed by atoms with Crippen LogP contribution in [0.2, 0.25) is 0 Å². The van der Waals surface area contributed by atoms with Gasteiger partial charge in [0, 0.05) is 24.2 Å². The van der Waals surface area contributed by atoms with Crippen molar-refractivity contribution in [3.63, 3.8) is 0 Å². The first kappa shape index (κ1) is 16.1. The average molecular weight is 296 g/mol. The van der Waals surface area contributed by atoms with Crippen molar-refractivity contribution in [1.82, 2.24) is 20.5 Å². The third-order valence-corrected chi connectivity index (χ3v) is 2.60. The number of carbonyl (C=O) groups excluding carboxylic acids is 1. The van der Waals surface area contributed by atoms with Crippen LogP contribution in [0.3, 0.4) is 0 Å². The van der Waals surface area contributed by atoms with Gasteiger partial charge in [-0.25, -0.2) is 4.98 Å². The molecule has 108 valence electrons. The summed E-state index contributed by atoms with van der Waals surface area (Å²) in [4.78, 5) is 15.9. The van der Waals surface area contributed by atoms with E-state index in [-0.39, 0.29) is 18.3 Å². The normalized spacial score (nSPS) is 9.90. The van der Waals surface area contributed by atoms with Gasteiger partial charge in [-0.15, -0.1) is 12.4 Å². The lowest BCUT2D eigenvalue weighted by Gasteiger charge is -2.06. The number of aromatic nitrogens is 3. The Kier molecular flexibility index (Phi) is 6.14. The minimum Gasteiger partial charge on any atom is -0.326 e. The molecule has 1 aromatic heterocycles. The Hall–Kier alpha value is -1.92. The van der Waals surface area contributed by atoms with Gasteiger partial charge in [0.05, 0.1) is 0 Å². The monoisotopic (exact) mass is 295 g/mol. The van der Waals surface area contributed by atoms with Crippen LogP contribution in [-0.4, -0.2) is 34.7 Å². The number of amides is 1. The van der Waals surface area contributed by atoms with Gasteiger partial charge in [0.2, 0.25) is 5.91 Å². The van der Waals surface area contributed by atoms with Crippen LogP contribution in [0.1, 0.15) is 12.2 Å². The van der Waals surface area contributed by atoms with Crippen LogP contribution >= 0.6 is 12.4 Å². The molecule has 0 spiro atoms. The third kappa shape index (κ3) is 4.32. The van der Waals surface area contributed by atoms with Crippen LogP contribution in [0.5, 0.6) is 0 Å². The van der Waals surface area contributed by atoms with Gasteiger partial charge < -0.3 is 10.6 Å². The molecule has 7 heteroatoms. The number of aryl methyl sites for hydroxylation is 1. The molecular weight excluding hydrogens is 278 g/mol. The minimum atomic E-state index is -0.0160. The molecule has 0 aliphatic carbocycles. The summed E-state index contributed by atoms with van der Waals surface area (Å²) >= 11 is 0. The van der Waals surface area contributed by atoms with Crippen molar-refractivity contribution in [3.05, 3.63) is 30.1 Å². The SMILES string of the molecule is CNCCC(=O)Nc1cccc(-c2n[nH]c(C)n2)c1.Cl. The maximum Gasteiger partial charge on any atom is 0.225 e. The molecule has 0 saturated carbocycles. The van der Waals surface area contributed by atoms with Crippen molar-refractivity contribution < 1.29 is 4.79 Å². The summed E-state index contributed by atoms with van der Waals surface area (Å²) in [6.07, 6.45) is 0.445. The van der Waals surface area contributed by atoms with E-state index >= 15 is 0 Å². The number of aromatic amines is 1. The van der Waals surface area contributed by atoms with Gasteiger partial charge in [-0.3, -0.25) is 9.89 Å². The molecule has 0 fully saturated rings. The van der Waals surface area contributed by atoms with E-state index in [1.165, 1.54) is 0 Å². The number of carbonyl (C=O) groups is 1. The topological polar surface area (TPSA) is 82.7 Å². The molecule has 2 rings (SSSR count). The quantitative estimate of drug-likeness (QED) is 0.785. The Balaban J connectivity index is 0.00000200. The molecule has 1 amide bonds. The number of nitrogens with one attached hydrogen (secondary N) is 3. The van der Waals surface area contributed by atoms with E-state index < -0.39 is 0 Å². The van der Waals surface area contributed by atoms with E-state index in [4.69, 9.17) is 0 Å². The number of halogens is 1. The molecule has 6 nitrogen and oxygen atoms in total. The Bertz CT molecular complexity index is 569. The van der Waals surface area contributed by atoms with Crippen molar-refractivity contribution in [3.8, 4) is 11.4 Å². The first-order chi connectivity index (χ1) is 9.19. The van der Waals surface area contributed by atoms with Crippen molar-refractivity contribution in [2.24, 2.45) is 0 Å². The fourth-order valence-corrected chi connectivity index (χ4v) is 1.67. The maximum atomic E-state index is 11.6. The number of hydrogen-bond donors (Lipinski definition) is 3. The summed E-state index contributed by atoms with van der Waals surface area (Å²) < 4.78 is 0. The fourth-order valence-electron chi connectivity index (χ4n) is 1.67. The fraction of sp³-hybridized carbons (Fsp3) is 0.308. The Morgan fingerprint density at radius 3 is 2.85 bits per heavy atom. The lowest BCUT2D eigenvalue weighted by molar-refractivity contribution is -0.116. The zero-order valence-corrected chi connectivity index (χ0v) is 12.3. The highest BCUT2D eigenvalue weighted by Crippen LogP contribution is 2.19. The molecule has 0 bridgehead atoms. The van der Waals surface area contributed by atoms with Gasteiger partial charge in [-0.2, -0.15) is 5.10 Å². The predicted molar refractivity (Wildman–Crippen MR) is 81.0 cm³/mol. The zero-order valence-electron chi connectivity index (χ0n) is 11.4. The van der Waals surface area contributed by atoms with Crippen LogP contribution in [0, 0.1) is 6.92 Å². The van der Waals surface area contributed by atoms with Gasteiger partial charge in [-0.1, -0.05) is 12.1 Å². The summed E-state index contributed by atoms with van der Waals surface area (Å²) in [6, 6.07) is 7.49. The first-order valence-corrected chi connectivity index (χ1v) is 6.13. The standard InChI is InChI=1S/C13H17N5O.ClH/c1-9-15-13(18-17-9)10-4-3-5-11(8-10)16-12(19)6-7-14-2;/h3-5,8,14H,6-7H2,1-2H3,(H,16,19)(H,15,17,18);1H. The Morgan fingerprint density at radius 1 is 1.40 bits per heavy atom. The highest BCUT2D eigenvalue weighted by molar-refractivity contribution is 5.91. The lowest BCUT2D eigenvalue weighted by atomic mass is 10.2. The second-order valence-corrected chi connectivity index (χ2v) is 4.23. The third-order valence-electron chi connectivity index (χ3n) is 2.60. The lowest BCUT2D eigenvalue weighted by Crippen LogP contribution is -2.18. The summed E-state index contributed by atoms with van der Waals surface area (Å²) in [6.45, 7) is 2.51. The minimum absolute atomic E-state index is 0. The molecule has 0 atom stereocenters. The molecule has 1 aromatic carbocycles. The van der Waals surface area contributed by atoms with Gasteiger partial charge in [0.1, 0.15) is 5.82 Å². The van der Waals surface area contributed by atoms with Gasteiger partial charge in [0.25, 0.3) is 0 Å². The zero-order chi connectivity index (χ0) is 13.7. The summed E-state index contributed by atoms with van der Waals surface area (Å²) in [5.74, 6) is 1.37. The number of anilines is 1. The summed E-state index contributed by atoms with van der Waals surface area (Å²) in [7, 11) is 1.82. The average Bonchev–Trinajstić information content (AvgIpc) is 2.83. The molecule has 0 saturated heterocycles. The molecule has 0 aliphatic heterocycles. The number of H-pyrrole nitrogens is 1. The van der Waals surface area contributed by atoms with E-state index in [1.807, 2.05) is 38.2 Å². The molecule has 0 unspecified atom stereocenters. The number of rotatable bonds is 5. The van der Waals surface area contributed by atoms with E-state index in [2.05, 4.69) is 25.8 Å². The summed E-state index contributed by atoms with van der Waals surface area (Å²) in [5, 5.41) is 12.7. The highest BCUT2D eigenvalue weighted by Gasteiger charge is 2.06. The van der Waals surface area contributed by atoms with Crippen molar-refractivity contribution in [2.75, 3.05) is 18.9 Å². The van der Waals surface area contributed by atoms with E-state index in [0.717, 1.165) is 17.1 Å². The van der Waals surface area contributed by atoms with Gasteiger partial charge in [-0.05, 0) is 26.1 Å². The second kappa shape index (κ2) is 7.62. The molecule has 20 heavy (non-hydrogen) atoms. The summed E-state index contributed by atoms with van der Waals surface area (Å²) in [5.41, 5.74) is 1.62. The number of benzene rings is 1. The van der Waals surface area contributed by atoms with Crippen molar-refractivity contribution in [1.29, 1.82) is 0 Å². The van der Waals surface area contributed by atoms with Crippen LogP contribution in [0.25, 0.3) is 11.4 Å². The largest absolute Gasteiger partial charge is 0.326 e. The number of hydrogen-bond acceptors (Lipinski definition) is 4. The smallest absolute Gasteiger partial charge is 0.225 e. The molecule has 0 aliphatic rings. The Labute approximate surface area is 123 Å². The highest BCUT2D eigenvalue weighted by atomic mass is 35.5.